The van der Waals surface area contributed by atoms with Crippen LogP contribution in [0.1, 0.15) is 193 Å². The lowest BCUT2D eigenvalue weighted by molar-refractivity contribution is -0.312. The molecule has 5 fully saturated rings. The molecule has 9 aliphatic rings. The number of hydrogen-bond acceptors (Lipinski definition) is 27. The van der Waals surface area contributed by atoms with Crippen molar-refractivity contribution in [2.45, 2.75) is 249 Å². The van der Waals surface area contributed by atoms with Crippen LogP contribution >= 0.6 is 23.2 Å². The number of carbonyl (C=O) groups is 10. The van der Waals surface area contributed by atoms with Gasteiger partial charge in [-0.3, -0.25) is 43.3 Å². The lowest BCUT2D eigenvalue weighted by Gasteiger charge is -2.54. The van der Waals surface area contributed by atoms with Crippen LogP contribution in [0.3, 0.4) is 0 Å². The van der Waals surface area contributed by atoms with E-state index in [1.165, 1.54) is 52.1 Å². The van der Waals surface area contributed by atoms with Crippen molar-refractivity contribution in [2.24, 2.45) is 35.3 Å². The molecule has 5 aliphatic heterocycles. The van der Waals surface area contributed by atoms with Crippen LogP contribution in [0.4, 0.5) is 9.59 Å². The molecule has 0 spiro atoms. The predicted octanol–water partition coefficient (Wildman–Crippen LogP) is 6.41. The minimum absolute atomic E-state index is 0.0250. The van der Waals surface area contributed by atoms with Gasteiger partial charge in [0, 0.05) is 50.2 Å². The number of likely N-dealkylation sites (N-methyl/N-ethyl adjacent to an activating group) is 1. The number of nitrogens with two attached hydrogens (primary N) is 1. The largest absolute Gasteiger partial charge is 0.508 e. The van der Waals surface area contributed by atoms with E-state index in [1.54, 1.807) is 55.4 Å². The molecule has 37 nitrogen and oxygen atoms in total. The third-order valence-electron chi connectivity index (χ3n) is 22.9. The molecule has 4 aliphatic carbocycles. The zero-order valence-corrected chi connectivity index (χ0v) is 73.4. The third kappa shape index (κ3) is 23.0. The number of rotatable bonds is 23. The van der Waals surface area contributed by atoms with Gasteiger partial charge in [-0.15, -0.1) is 0 Å². The summed E-state index contributed by atoms with van der Waals surface area (Å²) in [5, 5.41) is 126. The number of primary amides is 1. The molecule has 4 saturated carbocycles. The lowest BCUT2D eigenvalue weighted by Crippen LogP contribution is -2.64. The molecule has 126 heavy (non-hydrogen) atoms. The van der Waals surface area contributed by atoms with Crippen LogP contribution in [0.2, 0.25) is 10.0 Å². The Morgan fingerprint density at radius 3 is 1.86 bits per heavy atom. The molecule has 19 N–H and O–H groups in total. The summed E-state index contributed by atoms with van der Waals surface area (Å²) in [6.07, 6.45) is -15.2. The van der Waals surface area contributed by atoms with E-state index in [2.05, 4.69) is 42.5 Å². The second-order valence-corrected chi connectivity index (χ2v) is 36.7. The van der Waals surface area contributed by atoms with Crippen molar-refractivity contribution in [1.82, 2.24) is 47.4 Å². The van der Waals surface area contributed by atoms with E-state index in [4.69, 9.17) is 66.8 Å². The fourth-order valence-corrected chi connectivity index (χ4v) is 17.7. The number of aliphatic hydroxyl groups excluding tert-OH is 6. The normalized spacial score (nSPS) is 26.4. The first-order valence-corrected chi connectivity index (χ1v) is 42.3. The van der Waals surface area contributed by atoms with Gasteiger partial charge in [0.1, 0.15) is 94.5 Å². The monoisotopic (exact) mass is 1800 g/mol. The molecule has 0 radical (unpaired) electrons. The van der Waals surface area contributed by atoms with Gasteiger partial charge < -0.3 is 132 Å². The van der Waals surface area contributed by atoms with E-state index in [-0.39, 0.29) is 74.4 Å². The van der Waals surface area contributed by atoms with Gasteiger partial charge in [0.15, 0.2) is 24.1 Å². The Morgan fingerprint density at radius 2 is 1.29 bits per heavy atom. The Labute approximate surface area is 736 Å². The summed E-state index contributed by atoms with van der Waals surface area (Å²) in [4.78, 5) is 148. The zero-order valence-electron chi connectivity index (χ0n) is 71.9. The number of benzene rings is 5. The average molecular weight is 1800 g/mol. The number of phenolic OH excluding ortho intramolecular Hbond substituents is 3. The van der Waals surface area contributed by atoms with Crippen molar-refractivity contribution in [3.05, 3.63) is 117 Å². The molecule has 16 atom stereocenters. The van der Waals surface area contributed by atoms with Crippen molar-refractivity contribution in [2.75, 3.05) is 20.2 Å². The van der Waals surface area contributed by atoms with Crippen LogP contribution < -0.4 is 62.5 Å². The van der Waals surface area contributed by atoms with Gasteiger partial charge >= 0.3 is 12.2 Å². The van der Waals surface area contributed by atoms with Crippen LogP contribution in [0.5, 0.6) is 46.0 Å². The summed E-state index contributed by atoms with van der Waals surface area (Å²) in [7, 11) is 1.27. The first-order chi connectivity index (χ1) is 59.0. The van der Waals surface area contributed by atoms with Crippen LogP contribution in [0, 0.1) is 29.6 Å². The van der Waals surface area contributed by atoms with Gasteiger partial charge in [-0.05, 0) is 213 Å². The molecule has 1 saturated heterocycles. The smallest absolute Gasteiger partial charge is 0.410 e. The molecule has 686 valence electrons. The minimum atomic E-state index is -2.39. The van der Waals surface area contributed by atoms with Gasteiger partial charge in [0.2, 0.25) is 59.3 Å². The highest BCUT2D eigenvalue weighted by Gasteiger charge is 2.52. The van der Waals surface area contributed by atoms with Crippen molar-refractivity contribution in [3.63, 3.8) is 0 Å². The highest BCUT2D eigenvalue weighted by atomic mass is 35.5. The van der Waals surface area contributed by atoms with Gasteiger partial charge in [-0.2, -0.15) is 0 Å². The van der Waals surface area contributed by atoms with Crippen molar-refractivity contribution < 1.29 is 132 Å². The fraction of sp³-hybridized carbons (Fsp3) is 0.540. The summed E-state index contributed by atoms with van der Waals surface area (Å²) in [6.45, 7) is 16.5. The second kappa shape index (κ2) is 39.3. The molecule has 0 aromatic heterocycles. The molecule has 5 heterocycles. The SMILES string of the molecule is CC(=O)N[C@H](C(=O)NC1C2CC3CC(C2)CC1C3)c1cc(O)cc(O)c1-c1cc([C@H]2NC(=O)[C@@H]3NC(=O)[C@H](CC(N)=O)NC(=O)[C@H](NC(=O)[C@@H](CC(C)C)N(C)C(=O)OC(C)(C)C)[C@H](O)c4ccc(c(Cl)c4)Oc4cc3cc(c4OC(OC(O)CO)C(OC3CC(C)(NC(=O)OC(C)(C)C)C(O)C(C)O3)C(C)O)Oc3ccc(cc3Cl)[C@@H](O)CNC2=O)ccc1O. The number of carbonyl (C=O) groups excluding carboxylic acids is 10. The number of alkyl carbamates (subject to hydrolysis) is 1. The zero-order chi connectivity index (χ0) is 92.4. The number of fused-ring (bicyclic) bond motifs is 16. The van der Waals surface area contributed by atoms with E-state index in [0.29, 0.717) is 11.8 Å². The first kappa shape index (κ1) is 96.1. The number of halogens is 2. The lowest BCUT2D eigenvalue weighted by atomic mass is 9.54. The summed E-state index contributed by atoms with van der Waals surface area (Å²) in [5.41, 5.74) is 0.129. The fourth-order valence-electron chi connectivity index (χ4n) is 17.2. The van der Waals surface area contributed by atoms with E-state index in [0.717, 1.165) is 98.5 Å². The standard InChI is InChI=1S/C87H112Cl2N10O27/c1-37(2)20-55(99(13)84(118)126-86(9,10)11)77(112)97-71-72(109)45-16-19-60(53(89)28-45)121-62-30-48-29-61(74(62)124-82(122-64(108)36-100)73(38(3)101)123-65-34-87(12,75(110)39(4)119-65)98-83(117)125-85(6,7)8)120-59-18-15-43(27-52(59)88)58(106)35-91-78(113)68(96-79(114)69(48)95-76(111)54(33-63(90)107)93-81(71)116)44-14-17-56(104)50(26-44)66-51(31-49(103)32-57(66)105)70(92-40(5)102)80(115)94-67-46-22-41-21-42(24-46)25-47(67)23-41/h14-19,26-32,37-39,41-42,46-47,54-55,58,64-65,67-73,75,82,100-101,103-106,108-110H,20-25,33-36H2,1-13H3,(H2,90,107)(H,91,113)(H,92,102)(H,93,116)(H,94,115)(H,95,111)(H,96,114)(H,97,112)(H,98,117)/t38?,39?,41?,42?,46?,47?,54-,55+,58-,64?,65?,67?,68+,69+,70-,71+,72+,73?,75?,82?,87?/m0/s1. The molecule has 8 unspecified atom stereocenters. The molecule has 5 aromatic carbocycles. The number of amides is 10. The topological polar surface area (TPSA) is 552 Å². The van der Waals surface area contributed by atoms with Crippen LogP contribution in [0.25, 0.3) is 11.1 Å². The van der Waals surface area contributed by atoms with Gasteiger partial charge in [-0.25, -0.2) is 9.59 Å². The van der Waals surface area contributed by atoms with Gasteiger partial charge in [0.25, 0.3) is 0 Å². The average Bonchev–Trinajstić information content (AvgIpc) is 0.753. The van der Waals surface area contributed by atoms with Crippen molar-refractivity contribution >= 4 is 82.6 Å². The number of phenols is 3. The number of nitrogens with zero attached hydrogens (tertiary/aromatic N) is 1. The molecule has 10 amide bonds. The maximum Gasteiger partial charge on any atom is 0.410 e. The maximum absolute atomic E-state index is 16.5. The molecular formula is C87H112Cl2N10O27. The summed E-state index contributed by atoms with van der Waals surface area (Å²) in [5.74, 6) is -13.1. The Kier molecular flexibility index (Phi) is 30.0. The van der Waals surface area contributed by atoms with Crippen molar-refractivity contribution in [1.29, 1.82) is 0 Å². The molecule has 11 bridgehead atoms. The molecule has 5 aromatic rings. The highest BCUT2D eigenvalue weighted by Crippen LogP contribution is 2.55. The van der Waals surface area contributed by atoms with Crippen LogP contribution in [-0.4, -0.2) is 215 Å². The number of hydrogen-bond donors (Lipinski definition) is 18. The summed E-state index contributed by atoms with van der Waals surface area (Å²) in [6, 6.07) is 2.13. The molecule has 39 heteroatoms. The third-order valence-corrected chi connectivity index (χ3v) is 23.5. The van der Waals surface area contributed by atoms with Gasteiger partial charge in [0.05, 0.1) is 46.9 Å². The van der Waals surface area contributed by atoms with E-state index in [1.807, 2.05) is 0 Å². The molecule has 14 rings (SSSR count). The first-order valence-electron chi connectivity index (χ1n) is 41.5. The quantitative estimate of drug-likeness (QED) is 0.0314. The highest BCUT2D eigenvalue weighted by molar-refractivity contribution is 6.32. The molecular weight excluding hydrogens is 1690 g/mol. The van der Waals surface area contributed by atoms with E-state index < -0.39 is 245 Å². The number of aromatic hydroxyl groups is 3. The Hall–Kier alpha value is -10.6. The Balaban J connectivity index is 1.11. The Morgan fingerprint density at radius 1 is 0.698 bits per heavy atom. The predicted molar refractivity (Wildman–Crippen MR) is 449 cm³/mol. The van der Waals surface area contributed by atoms with Gasteiger partial charge in [-0.1, -0.05) is 55.2 Å². The Bertz CT molecular complexity index is 4900. The van der Waals surface area contributed by atoms with E-state index in [9.17, 15) is 74.7 Å². The summed E-state index contributed by atoms with van der Waals surface area (Å²) >= 11 is 14.3. The number of aliphatic hydroxyl groups is 6. The summed E-state index contributed by atoms with van der Waals surface area (Å²) < 4.78 is 50.0. The second-order valence-electron chi connectivity index (χ2n) is 35.8. The van der Waals surface area contributed by atoms with Crippen molar-refractivity contribution in [3.8, 4) is 57.1 Å². The maximum atomic E-state index is 16.5. The van der Waals surface area contributed by atoms with Crippen LogP contribution in [0.15, 0.2) is 78.9 Å². The van der Waals surface area contributed by atoms with Crippen LogP contribution in [-0.2, 0) is 62.0 Å². The minimum Gasteiger partial charge on any atom is -0.508 e. The number of nitrogens with one attached hydrogen (secondary N) is 8. The van der Waals surface area contributed by atoms with E-state index >= 15 is 19.2 Å². The number of ether oxygens (including phenoxy) is 8.